The van der Waals surface area contributed by atoms with Crippen molar-refractivity contribution in [2.45, 2.75) is 16.4 Å². The van der Waals surface area contributed by atoms with Crippen molar-refractivity contribution in [1.82, 2.24) is 0 Å². The van der Waals surface area contributed by atoms with Gasteiger partial charge in [0.15, 0.2) is 20.9 Å². The lowest BCUT2D eigenvalue weighted by molar-refractivity contribution is 0.563. The maximum atomic E-state index is 12.3. The summed E-state index contributed by atoms with van der Waals surface area (Å²) in [4.78, 5) is 0.250. The second-order valence-electron chi connectivity index (χ2n) is 4.31. The third kappa shape index (κ3) is 3.75. The van der Waals surface area contributed by atoms with Crippen LogP contribution in [0.25, 0.3) is 0 Å². The van der Waals surface area contributed by atoms with E-state index in [0.29, 0.717) is 11.1 Å². The summed E-state index contributed by atoms with van der Waals surface area (Å²) in [5, 5.41) is 0. The standard InChI is InChI=1S/C14H14O4S2/c15-19(16)10-12-6-4-5-7-13(12)11-20(17,18)14-8-2-1-3-9-14/h1-9H,10-11H2,(H,15,16). The lowest BCUT2D eigenvalue weighted by Gasteiger charge is -2.09. The van der Waals surface area contributed by atoms with E-state index in [1.807, 2.05) is 0 Å². The smallest absolute Gasteiger partial charge is 0.182 e. The predicted octanol–water partition coefficient (Wildman–Crippen LogP) is 2.38. The van der Waals surface area contributed by atoms with Crippen molar-refractivity contribution in [3.05, 3.63) is 65.7 Å². The van der Waals surface area contributed by atoms with Crippen LogP contribution in [0, 0.1) is 0 Å². The molecule has 106 valence electrons. The monoisotopic (exact) mass is 310 g/mol. The predicted molar refractivity (Wildman–Crippen MR) is 78.2 cm³/mol. The highest BCUT2D eigenvalue weighted by Gasteiger charge is 2.17. The van der Waals surface area contributed by atoms with Crippen LogP contribution in [-0.4, -0.2) is 17.2 Å². The van der Waals surface area contributed by atoms with Crippen molar-refractivity contribution in [3.63, 3.8) is 0 Å². The first-order valence-corrected chi connectivity index (χ1v) is 8.84. The van der Waals surface area contributed by atoms with E-state index in [0.717, 1.165) is 0 Å². The molecule has 0 radical (unpaired) electrons. The number of hydrogen-bond acceptors (Lipinski definition) is 3. The van der Waals surface area contributed by atoms with Gasteiger partial charge in [0, 0.05) is 0 Å². The Labute approximate surface area is 120 Å². The highest BCUT2D eigenvalue weighted by atomic mass is 32.2. The molecule has 0 bridgehead atoms. The number of rotatable bonds is 5. The molecule has 6 heteroatoms. The van der Waals surface area contributed by atoms with Crippen molar-refractivity contribution in [2.75, 3.05) is 0 Å². The summed E-state index contributed by atoms with van der Waals surface area (Å²) in [6, 6.07) is 15.0. The van der Waals surface area contributed by atoms with Crippen LogP contribution in [0.15, 0.2) is 59.5 Å². The van der Waals surface area contributed by atoms with Crippen LogP contribution in [0.1, 0.15) is 11.1 Å². The average Bonchev–Trinajstić information content (AvgIpc) is 2.41. The van der Waals surface area contributed by atoms with Crippen LogP contribution >= 0.6 is 0 Å². The molecule has 0 heterocycles. The van der Waals surface area contributed by atoms with Crippen molar-refractivity contribution in [2.24, 2.45) is 0 Å². The van der Waals surface area contributed by atoms with Gasteiger partial charge in [-0.25, -0.2) is 12.6 Å². The lowest BCUT2D eigenvalue weighted by Crippen LogP contribution is -2.08. The maximum Gasteiger partial charge on any atom is 0.182 e. The van der Waals surface area contributed by atoms with Gasteiger partial charge in [0.05, 0.1) is 16.4 Å². The number of benzene rings is 2. The van der Waals surface area contributed by atoms with Gasteiger partial charge in [-0.05, 0) is 23.3 Å². The zero-order chi connectivity index (χ0) is 14.6. The Morgan fingerprint density at radius 1 is 0.900 bits per heavy atom. The molecule has 2 aromatic carbocycles. The first-order valence-electron chi connectivity index (χ1n) is 5.91. The van der Waals surface area contributed by atoms with E-state index in [1.54, 1.807) is 54.6 Å². The van der Waals surface area contributed by atoms with Crippen LogP contribution in [-0.2, 0) is 32.4 Å². The van der Waals surface area contributed by atoms with Gasteiger partial charge in [-0.15, -0.1) is 0 Å². The summed E-state index contributed by atoms with van der Waals surface area (Å²) in [5.74, 6) is -0.245. The largest absolute Gasteiger partial charge is 0.306 e. The van der Waals surface area contributed by atoms with Crippen molar-refractivity contribution in [3.8, 4) is 0 Å². The van der Waals surface area contributed by atoms with Gasteiger partial charge in [-0.2, -0.15) is 0 Å². The second kappa shape index (κ2) is 6.30. The Morgan fingerprint density at radius 2 is 1.45 bits per heavy atom. The normalized spacial score (nSPS) is 13.1. The van der Waals surface area contributed by atoms with Crippen LogP contribution in [0.2, 0.25) is 0 Å². The molecule has 2 aromatic rings. The second-order valence-corrected chi connectivity index (χ2v) is 7.23. The fraction of sp³-hybridized carbons (Fsp3) is 0.143. The van der Waals surface area contributed by atoms with Crippen LogP contribution in [0.5, 0.6) is 0 Å². The van der Waals surface area contributed by atoms with E-state index in [2.05, 4.69) is 0 Å². The Morgan fingerprint density at radius 3 is 2.05 bits per heavy atom. The first-order chi connectivity index (χ1) is 9.49. The molecule has 1 unspecified atom stereocenters. The fourth-order valence-corrected chi connectivity index (χ4v) is 3.87. The zero-order valence-electron chi connectivity index (χ0n) is 10.6. The third-order valence-electron chi connectivity index (χ3n) is 2.85. The van der Waals surface area contributed by atoms with Gasteiger partial charge in [0.1, 0.15) is 0 Å². The average molecular weight is 310 g/mol. The summed E-state index contributed by atoms with van der Waals surface area (Å²) in [5.41, 5.74) is 1.13. The zero-order valence-corrected chi connectivity index (χ0v) is 12.2. The quantitative estimate of drug-likeness (QED) is 0.861. The molecule has 1 atom stereocenters. The Hall–Kier alpha value is -1.50. The van der Waals surface area contributed by atoms with Crippen LogP contribution < -0.4 is 0 Å². The number of sulfone groups is 1. The SMILES string of the molecule is O=S(O)Cc1ccccc1CS(=O)(=O)c1ccccc1. The molecule has 0 saturated carbocycles. The molecule has 0 spiro atoms. The van der Waals surface area contributed by atoms with Crippen molar-refractivity contribution in [1.29, 1.82) is 0 Å². The summed E-state index contributed by atoms with van der Waals surface area (Å²) >= 11 is -1.99. The summed E-state index contributed by atoms with van der Waals surface area (Å²) in [7, 11) is -3.45. The fourth-order valence-electron chi connectivity index (χ4n) is 1.89. The molecule has 1 N–H and O–H groups in total. The highest BCUT2D eigenvalue weighted by Crippen LogP contribution is 2.19. The minimum Gasteiger partial charge on any atom is -0.306 e. The molecule has 0 fully saturated rings. The van der Waals surface area contributed by atoms with E-state index in [-0.39, 0.29) is 16.4 Å². The Balaban J connectivity index is 2.33. The van der Waals surface area contributed by atoms with E-state index in [4.69, 9.17) is 4.55 Å². The molecule has 0 aliphatic rings. The van der Waals surface area contributed by atoms with E-state index in [1.165, 1.54) is 0 Å². The van der Waals surface area contributed by atoms with Gasteiger partial charge >= 0.3 is 0 Å². The van der Waals surface area contributed by atoms with E-state index < -0.39 is 20.9 Å². The Bertz CT molecular complexity index is 709. The minimum atomic E-state index is -3.45. The van der Waals surface area contributed by atoms with Crippen LogP contribution in [0.3, 0.4) is 0 Å². The Kier molecular flexibility index (Phi) is 4.69. The van der Waals surface area contributed by atoms with Gasteiger partial charge in [0.25, 0.3) is 0 Å². The third-order valence-corrected chi connectivity index (χ3v) is 5.08. The first kappa shape index (κ1) is 14.9. The minimum absolute atomic E-state index is 0.0690. The molecule has 0 saturated heterocycles. The van der Waals surface area contributed by atoms with E-state index >= 15 is 0 Å². The molecule has 0 amide bonds. The van der Waals surface area contributed by atoms with Crippen molar-refractivity contribution >= 4 is 20.9 Å². The summed E-state index contributed by atoms with van der Waals surface area (Å²) < 4.78 is 44.5. The summed E-state index contributed by atoms with van der Waals surface area (Å²) in [6.45, 7) is 0. The highest BCUT2D eigenvalue weighted by molar-refractivity contribution is 7.90. The maximum absolute atomic E-state index is 12.3. The van der Waals surface area contributed by atoms with Gasteiger partial charge in [0.2, 0.25) is 0 Å². The molecule has 0 aromatic heterocycles. The molecular weight excluding hydrogens is 296 g/mol. The molecule has 0 aliphatic heterocycles. The molecule has 4 nitrogen and oxygen atoms in total. The summed E-state index contributed by atoms with van der Waals surface area (Å²) in [6.07, 6.45) is 0. The van der Waals surface area contributed by atoms with Gasteiger partial charge in [-0.3, -0.25) is 0 Å². The molecular formula is C14H14O4S2. The molecule has 20 heavy (non-hydrogen) atoms. The van der Waals surface area contributed by atoms with Gasteiger partial charge < -0.3 is 4.55 Å². The molecule has 2 rings (SSSR count). The van der Waals surface area contributed by atoms with E-state index in [9.17, 15) is 12.6 Å². The molecule has 0 aliphatic carbocycles. The van der Waals surface area contributed by atoms with Gasteiger partial charge in [-0.1, -0.05) is 42.5 Å². The lowest BCUT2D eigenvalue weighted by atomic mass is 10.1. The number of hydrogen-bond donors (Lipinski definition) is 1. The van der Waals surface area contributed by atoms with Crippen molar-refractivity contribution < 1.29 is 17.2 Å². The topological polar surface area (TPSA) is 71.4 Å². The van der Waals surface area contributed by atoms with Crippen LogP contribution in [0.4, 0.5) is 0 Å².